The molecule has 1 aromatic rings. The molecular formula is C13H14ClN3S. The molecule has 2 unspecified atom stereocenters. The number of hydrogen-bond donors (Lipinski definition) is 0. The highest BCUT2D eigenvalue weighted by Crippen LogP contribution is 2.36. The lowest BCUT2D eigenvalue weighted by Crippen LogP contribution is -2.65. The zero-order valence-corrected chi connectivity index (χ0v) is 11.5. The number of hydrogen-bond acceptors (Lipinski definition) is 4. The molecular weight excluding hydrogens is 266 g/mol. The number of nitrogens with zero attached hydrogens (tertiary/aromatic N) is 3. The molecule has 2 aliphatic rings. The Balaban J connectivity index is 1.66. The van der Waals surface area contributed by atoms with E-state index in [1.54, 1.807) is 0 Å². The molecule has 2 aliphatic heterocycles. The van der Waals surface area contributed by atoms with Crippen LogP contribution in [0.2, 0.25) is 5.02 Å². The number of nitriles is 1. The summed E-state index contributed by atoms with van der Waals surface area (Å²) < 4.78 is 0. The minimum atomic E-state index is 0.371. The summed E-state index contributed by atoms with van der Waals surface area (Å²) in [4.78, 5) is 4.36. The van der Waals surface area contributed by atoms with Crippen LogP contribution in [-0.2, 0) is 6.54 Å². The second-order valence-corrected chi connectivity index (χ2v) is 6.34. The Morgan fingerprint density at radius 1 is 1.39 bits per heavy atom. The van der Waals surface area contributed by atoms with E-state index in [1.165, 1.54) is 5.56 Å². The monoisotopic (exact) mass is 279 g/mol. The van der Waals surface area contributed by atoms with E-state index in [0.29, 0.717) is 11.4 Å². The number of fused-ring (bicyclic) bond motifs is 1. The lowest BCUT2D eigenvalue weighted by Gasteiger charge is -2.52. The third-order valence-electron chi connectivity index (χ3n) is 3.58. The van der Waals surface area contributed by atoms with Gasteiger partial charge in [-0.2, -0.15) is 5.26 Å². The van der Waals surface area contributed by atoms with Crippen LogP contribution in [0.1, 0.15) is 5.56 Å². The van der Waals surface area contributed by atoms with Crippen molar-refractivity contribution in [2.24, 2.45) is 0 Å². The van der Waals surface area contributed by atoms with Crippen LogP contribution in [0.15, 0.2) is 24.3 Å². The fourth-order valence-corrected chi connectivity index (χ4v) is 4.04. The van der Waals surface area contributed by atoms with Gasteiger partial charge in [-0.3, -0.25) is 9.80 Å². The third-order valence-corrected chi connectivity index (χ3v) is 5.16. The van der Waals surface area contributed by atoms with Gasteiger partial charge in [-0.25, -0.2) is 0 Å². The molecule has 3 nitrogen and oxygen atoms in total. The van der Waals surface area contributed by atoms with Crippen LogP contribution in [0.25, 0.3) is 0 Å². The third kappa shape index (κ3) is 2.18. The summed E-state index contributed by atoms with van der Waals surface area (Å²) in [6.07, 6.45) is 2.26. The summed E-state index contributed by atoms with van der Waals surface area (Å²) >= 11 is 7.80. The second kappa shape index (κ2) is 5.00. The molecule has 0 bridgehead atoms. The first-order valence-corrected chi connectivity index (χ1v) is 7.47. The molecule has 0 amide bonds. The lowest BCUT2D eigenvalue weighted by molar-refractivity contribution is 0.0450. The van der Waals surface area contributed by atoms with Gasteiger partial charge in [-0.1, -0.05) is 23.7 Å². The summed E-state index contributed by atoms with van der Waals surface area (Å²) in [6, 6.07) is 8.57. The van der Waals surface area contributed by atoms with Gasteiger partial charge in [-0.05, 0) is 17.7 Å². The predicted octanol–water partition coefficient (Wildman–Crippen LogP) is 2.38. The first kappa shape index (κ1) is 12.2. The van der Waals surface area contributed by atoms with Crippen LogP contribution in [0.3, 0.4) is 0 Å². The number of thioether (sulfide) groups is 1. The number of likely N-dealkylation sites (tertiary alicyclic amines) is 1. The normalized spacial score (nSPS) is 27.2. The van der Waals surface area contributed by atoms with E-state index < -0.39 is 0 Å². The van der Waals surface area contributed by atoms with Gasteiger partial charge in [0.05, 0.1) is 6.04 Å². The Morgan fingerprint density at radius 2 is 2.17 bits per heavy atom. The smallest absolute Gasteiger partial charge is 0.180 e. The highest BCUT2D eigenvalue weighted by molar-refractivity contribution is 8.00. The molecule has 0 spiro atoms. The van der Waals surface area contributed by atoms with Gasteiger partial charge in [0.25, 0.3) is 0 Å². The fourth-order valence-electron chi connectivity index (χ4n) is 2.54. The number of benzene rings is 1. The molecule has 94 valence electrons. The van der Waals surface area contributed by atoms with Gasteiger partial charge in [-0.15, -0.1) is 11.8 Å². The minimum Gasteiger partial charge on any atom is -0.294 e. The SMILES string of the molecule is N#CN1CC2C1SCCN2Cc1ccc(Cl)cc1. The molecule has 3 rings (SSSR count). The van der Waals surface area contributed by atoms with Crippen molar-refractivity contribution in [3.05, 3.63) is 34.9 Å². The standard InChI is InChI=1S/C13H14ClN3S/c14-11-3-1-10(2-4-11)7-16-5-6-18-13-12(16)8-17(13)9-15/h1-4,12-13H,5-8H2. The molecule has 2 heterocycles. The van der Waals surface area contributed by atoms with E-state index in [0.717, 1.165) is 30.4 Å². The van der Waals surface area contributed by atoms with Crippen molar-refractivity contribution in [3.63, 3.8) is 0 Å². The van der Waals surface area contributed by atoms with E-state index in [-0.39, 0.29) is 0 Å². The van der Waals surface area contributed by atoms with Gasteiger partial charge in [0, 0.05) is 30.4 Å². The summed E-state index contributed by atoms with van der Waals surface area (Å²) in [5, 5.41) is 10.1. The largest absolute Gasteiger partial charge is 0.294 e. The number of halogens is 1. The van der Waals surface area contributed by atoms with Gasteiger partial charge in [0.15, 0.2) is 6.19 Å². The zero-order chi connectivity index (χ0) is 12.5. The maximum absolute atomic E-state index is 8.96. The van der Waals surface area contributed by atoms with Crippen molar-refractivity contribution in [2.75, 3.05) is 18.8 Å². The molecule has 2 fully saturated rings. The van der Waals surface area contributed by atoms with Gasteiger partial charge in [0.2, 0.25) is 0 Å². The molecule has 0 aromatic heterocycles. The second-order valence-electron chi connectivity index (χ2n) is 4.68. The Hall–Kier alpha value is -0.890. The van der Waals surface area contributed by atoms with E-state index in [2.05, 4.69) is 23.2 Å². The summed E-state index contributed by atoms with van der Waals surface area (Å²) in [5.74, 6) is 1.10. The lowest BCUT2D eigenvalue weighted by atomic mass is 10.1. The van der Waals surface area contributed by atoms with E-state index in [9.17, 15) is 0 Å². The Labute approximate surface area is 116 Å². The minimum absolute atomic E-state index is 0.371. The van der Waals surface area contributed by atoms with E-state index >= 15 is 0 Å². The highest BCUT2D eigenvalue weighted by Gasteiger charge is 2.44. The van der Waals surface area contributed by atoms with Crippen LogP contribution in [0.4, 0.5) is 0 Å². The number of rotatable bonds is 2. The van der Waals surface area contributed by atoms with E-state index in [4.69, 9.17) is 16.9 Å². The van der Waals surface area contributed by atoms with Crippen LogP contribution in [0, 0.1) is 11.5 Å². The van der Waals surface area contributed by atoms with Crippen LogP contribution < -0.4 is 0 Å². The van der Waals surface area contributed by atoms with Crippen molar-refractivity contribution >= 4 is 23.4 Å². The topological polar surface area (TPSA) is 30.3 Å². The van der Waals surface area contributed by atoms with Crippen molar-refractivity contribution in [1.29, 1.82) is 5.26 Å². The molecule has 1 aromatic carbocycles. The van der Waals surface area contributed by atoms with Gasteiger partial charge in [0.1, 0.15) is 5.37 Å². The summed E-state index contributed by atoms with van der Waals surface area (Å²) in [7, 11) is 0. The predicted molar refractivity (Wildman–Crippen MR) is 74.2 cm³/mol. The van der Waals surface area contributed by atoms with Crippen LogP contribution >= 0.6 is 23.4 Å². The van der Waals surface area contributed by atoms with Crippen LogP contribution in [0.5, 0.6) is 0 Å². The maximum Gasteiger partial charge on any atom is 0.180 e. The molecule has 2 saturated heterocycles. The quantitative estimate of drug-likeness (QED) is 0.778. The van der Waals surface area contributed by atoms with Crippen molar-refractivity contribution in [2.45, 2.75) is 18.0 Å². The molecule has 0 radical (unpaired) electrons. The average molecular weight is 280 g/mol. The summed E-state index contributed by atoms with van der Waals surface area (Å²) in [5.41, 5.74) is 1.29. The maximum atomic E-state index is 8.96. The van der Waals surface area contributed by atoms with Gasteiger partial charge >= 0.3 is 0 Å². The molecule has 0 saturated carbocycles. The molecule has 18 heavy (non-hydrogen) atoms. The highest BCUT2D eigenvalue weighted by atomic mass is 35.5. The first-order valence-electron chi connectivity index (χ1n) is 6.04. The Kier molecular flexibility index (Phi) is 3.38. The zero-order valence-electron chi connectivity index (χ0n) is 9.92. The first-order chi connectivity index (χ1) is 8.78. The van der Waals surface area contributed by atoms with Crippen molar-refractivity contribution in [1.82, 2.24) is 9.80 Å². The Morgan fingerprint density at radius 3 is 2.89 bits per heavy atom. The fraction of sp³-hybridized carbons (Fsp3) is 0.462. The Bertz CT molecular complexity index is 470. The van der Waals surface area contributed by atoms with Gasteiger partial charge < -0.3 is 0 Å². The molecule has 2 atom stereocenters. The summed E-state index contributed by atoms with van der Waals surface area (Å²) in [6.45, 7) is 2.94. The van der Waals surface area contributed by atoms with Crippen LogP contribution in [-0.4, -0.2) is 40.1 Å². The van der Waals surface area contributed by atoms with Crippen molar-refractivity contribution < 1.29 is 0 Å². The molecule has 0 N–H and O–H groups in total. The van der Waals surface area contributed by atoms with E-state index in [1.807, 2.05) is 28.8 Å². The van der Waals surface area contributed by atoms with Crippen molar-refractivity contribution in [3.8, 4) is 6.19 Å². The average Bonchev–Trinajstić information content (AvgIpc) is 2.35. The molecule has 0 aliphatic carbocycles. The molecule has 5 heteroatoms.